The molecule has 1 aromatic carbocycles. The molecule has 26 heavy (non-hydrogen) atoms. The average Bonchev–Trinajstić information content (AvgIpc) is 2.67. The maximum absolute atomic E-state index is 13.6. The van der Waals surface area contributed by atoms with Crippen molar-refractivity contribution in [2.24, 2.45) is 0 Å². The van der Waals surface area contributed by atoms with Crippen LogP contribution in [-0.2, 0) is 16.6 Å². The number of halogens is 1. The van der Waals surface area contributed by atoms with Crippen molar-refractivity contribution in [2.75, 3.05) is 13.1 Å². The maximum atomic E-state index is 13.6. The lowest BCUT2D eigenvalue weighted by molar-refractivity contribution is 0.0726. The summed E-state index contributed by atoms with van der Waals surface area (Å²) in [5, 5.41) is -0.726. The van der Waals surface area contributed by atoms with Crippen molar-refractivity contribution in [2.45, 2.75) is 24.6 Å². The van der Waals surface area contributed by atoms with Crippen LogP contribution in [0.15, 0.2) is 48.7 Å². The Bertz CT molecular complexity index is 874. The normalized spacial score (nSPS) is 17.9. The van der Waals surface area contributed by atoms with Crippen molar-refractivity contribution >= 4 is 15.9 Å². The Labute approximate surface area is 152 Å². The summed E-state index contributed by atoms with van der Waals surface area (Å²) in [5.74, 6) is -0.735. The molecule has 0 saturated carbocycles. The summed E-state index contributed by atoms with van der Waals surface area (Å²) in [6.45, 7) is 0.431. The highest BCUT2D eigenvalue weighted by atomic mass is 32.2. The number of amides is 1. The van der Waals surface area contributed by atoms with Gasteiger partial charge in [-0.3, -0.25) is 9.78 Å². The molecular formula is C18H20FN3O3S. The number of carbonyl (C=O) groups is 1. The summed E-state index contributed by atoms with van der Waals surface area (Å²) in [6.07, 6.45) is 2.47. The van der Waals surface area contributed by atoms with Crippen LogP contribution in [-0.4, -0.2) is 42.5 Å². The van der Waals surface area contributed by atoms with Gasteiger partial charge in [-0.25, -0.2) is 17.5 Å². The van der Waals surface area contributed by atoms with E-state index in [2.05, 4.69) is 9.71 Å². The van der Waals surface area contributed by atoms with Gasteiger partial charge in [-0.1, -0.05) is 18.2 Å². The van der Waals surface area contributed by atoms with E-state index in [1.54, 1.807) is 29.2 Å². The Kier molecular flexibility index (Phi) is 5.63. The minimum Gasteiger partial charge on any atom is -0.337 e. The Morgan fingerprint density at radius 3 is 2.73 bits per heavy atom. The van der Waals surface area contributed by atoms with Crippen molar-refractivity contribution in [1.82, 2.24) is 14.6 Å². The molecule has 1 atom stereocenters. The second-order valence-electron chi connectivity index (χ2n) is 6.18. The molecule has 0 bridgehead atoms. The molecule has 1 N–H and O–H groups in total. The van der Waals surface area contributed by atoms with Crippen LogP contribution >= 0.6 is 0 Å². The SMILES string of the molecule is O=C(c1ccccc1)N1CCC[C@@H](S(=O)(=O)NCc2ncccc2F)C1. The zero-order chi connectivity index (χ0) is 18.6. The number of likely N-dealkylation sites (tertiary alicyclic amines) is 1. The lowest BCUT2D eigenvalue weighted by atomic mass is 10.1. The molecule has 0 spiro atoms. The number of benzene rings is 1. The molecular weight excluding hydrogens is 357 g/mol. The molecule has 0 radical (unpaired) electrons. The summed E-state index contributed by atoms with van der Waals surface area (Å²) in [6, 6.07) is 11.5. The molecule has 6 nitrogen and oxygen atoms in total. The van der Waals surface area contributed by atoms with Gasteiger partial charge in [0.15, 0.2) is 0 Å². The van der Waals surface area contributed by atoms with E-state index >= 15 is 0 Å². The fraction of sp³-hybridized carbons (Fsp3) is 0.333. The predicted octanol–water partition coefficient (Wildman–Crippen LogP) is 1.94. The van der Waals surface area contributed by atoms with Crippen molar-refractivity contribution in [1.29, 1.82) is 0 Å². The summed E-state index contributed by atoms with van der Waals surface area (Å²) in [4.78, 5) is 17.9. The third kappa shape index (κ3) is 4.25. The number of rotatable bonds is 5. The van der Waals surface area contributed by atoms with Crippen molar-refractivity contribution in [3.63, 3.8) is 0 Å². The van der Waals surface area contributed by atoms with E-state index in [1.807, 2.05) is 6.07 Å². The lowest BCUT2D eigenvalue weighted by Crippen LogP contribution is -2.48. The van der Waals surface area contributed by atoms with E-state index in [0.29, 0.717) is 24.9 Å². The fourth-order valence-electron chi connectivity index (χ4n) is 2.97. The number of nitrogens with zero attached hydrogens (tertiary/aromatic N) is 2. The second kappa shape index (κ2) is 7.92. The van der Waals surface area contributed by atoms with Crippen LogP contribution in [0, 0.1) is 5.82 Å². The molecule has 0 aliphatic carbocycles. The topological polar surface area (TPSA) is 79.4 Å². The van der Waals surface area contributed by atoms with E-state index < -0.39 is 21.1 Å². The van der Waals surface area contributed by atoms with E-state index in [0.717, 1.165) is 0 Å². The largest absolute Gasteiger partial charge is 0.337 e. The van der Waals surface area contributed by atoms with E-state index in [1.165, 1.54) is 18.3 Å². The standard InChI is InChI=1S/C18H20FN3O3S/c19-16-9-4-10-20-17(16)12-21-26(24,25)15-8-5-11-22(13-15)18(23)14-6-2-1-3-7-14/h1-4,6-7,9-10,15,21H,5,8,11-13H2/t15-/m1/s1. The minimum atomic E-state index is -3.70. The minimum absolute atomic E-state index is 0.0455. The molecule has 138 valence electrons. The Hall–Kier alpha value is -2.32. The number of nitrogens with one attached hydrogen (secondary N) is 1. The summed E-state index contributed by atoms with van der Waals surface area (Å²) >= 11 is 0. The molecule has 2 aromatic rings. The highest BCUT2D eigenvalue weighted by Gasteiger charge is 2.33. The van der Waals surface area contributed by atoms with Crippen LogP contribution in [0.1, 0.15) is 28.9 Å². The Morgan fingerprint density at radius 1 is 1.23 bits per heavy atom. The zero-order valence-corrected chi connectivity index (χ0v) is 15.0. The average molecular weight is 377 g/mol. The molecule has 0 unspecified atom stereocenters. The lowest BCUT2D eigenvalue weighted by Gasteiger charge is -2.32. The molecule has 8 heteroatoms. The third-order valence-electron chi connectivity index (χ3n) is 4.40. The van der Waals surface area contributed by atoms with Gasteiger partial charge in [0.2, 0.25) is 10.0 Å². The number of aromatic nitrogens is 1. The third-order valence-corrected chi connectivity index (χ3v) is 6.21. The molecule has 1 amide bonds. The molecule has 3 rings (SSSR count). The van der Waals surface area contributed by atoms with Crippen LogP contribution in [0.3, 0.4) is 0 Å². The Morgan fingerprint density at radius 2 is 2.00 bits per heavy atom. The molecule has 1 saturated heterocycles. The van der Waals surface area contributed by atoms with Gasteiger partial charge in [0, 0.05) is 24.8 Å². The molecule has 1 aliphatic rings. The number of hydrogen-bond donors (Lipinski definition) is 1. The maximum Gasteiger partial charge on any atom is 0.253 e. The smallest absolute Gasteiger partial charge is 0.253 e. The summed E-state index contributed by atoms with van der Waals surface area (Å²) in [5.41, 5.74) is 0.582. The van der Waals surface area contributed by atoms with Crippen LogP contribution in [0.2, 0.25) is 0 Å². The first-order valence-corrected chi connectivity index (χ1v) is 9.94. The molecule has 2 heterocycles. The Balaban J connectivity index is 1.66. The van der Waals surface area contributed by atoms with Crippen LogP contribution in [0.5, 0.6) is 0 Å². The van der Waals surface area contributed by atoms with Crippen molar-refractivity contribution in [3.8, 4) is 0 Å². The molecule has 1 aromatic heterocycles. The van der Waals surface area contributed by atoms with E-state index in [-0.39, 0.29) is 24.7 Å². The number of pyridine rings is 1. The van der Waals surface area contributed by atoms with Gasteiger partial charge in [-0.15, -0.1) is 0 Å². The van der Waals surface area contributed by atoms with E-state index in [9.17, 15) is 17.6 Å². The van der Waals surface area contributed by atoms with Gasteiger partial charge >= 0.3 is 0 Å². The number of sulfonamides is 1. The van der Waals surface area contributed by atoms with Gasteiger partial charge in [0.1, 0.15) is 5.82 Å². The first-order chi connectivity index (χ1) is 12.5. The van der Waals surface area contributed by atoms with Crippen molar-refractivity contribution < 1.29 is 17.6 Å². The highest BCUT2D eigenvalue weighted by Crippen LogP contribution is 2.19. The van der Waals surface area contributed by atoms with Gasteiger partial charge in [0.25, 0.3) is 5.91 Å². The number of carbonyl (C=O) groups excluding carboxylic acids is 1. The fourth-order valence-corrected chi connectivity index (χ4v) is 4.40. The first kappa shape index (κ1) is 18.5. The van der Waals surface area contributed by atoms with Gasteiger partial charge in [-0.05, 0) is 37.1 Å². The predicted molar refractivity (Wildman–Crippen MR) is 95.3 cm³/mol. The highest BCUT2D eigenvalue weighted by molar-refractivity contribution is 7.90. The van der Waals surface area contributed by atoms with Crippen LogP contribution < -0.4 is 4.72 Å². The van der Waals surface area contributed by atoms with Crippen LogP contribution in [0.4, 0.5) is 4.39 Å². The van der Waals surface area contributed by atoms with Gasteiger partial charge in [-0.2, -0.15) is 0 Å². The van der Waals surface area contributed by atoms with Gasteiger partial charge in [0.05, 0.1) is 17.5 Å². The van der Waals surface area contributed by atoms with E-state index in [4.69, 9.17) is 0 Å². The van der Waals surface area contributed by atoms with Gasteiger partial charge < -0.3 is 4.90 Å². The number of hydrogen-bond acceptors (Lipinski definition) is 4. The van der Waals surface area contributed by atoms with Crippen LogP contribution in [0.25, 0.3) is 0 Å². The monoisotopic (exact) mass is 377 g/mol. The molecule has 1 aliphatic heterocycles. The van der Waals surface area contributed by atoms with Crippen molar-refractivity contribution in [3.05, 3.63) is 65.7 Å². The quantitative estimate of drug-likeness (QED) is 0.864. The summed E-state index contributed by atoms with van der Waals surface area (Å²) in [7, 11) is -3.70. The zero-order valence-electron chi connectivity index (χ0n) is 14.1. The second-order valence-corrected chi connectivity index (χ2v) is 8.22. The first-order valence-electron chi connectivity index (χ1n) is 8.39. The summed E-state index contributed by atoms with van der Waals surface area (Å²) < 4.78 is 41.2. The molecule has 1 fully saturated rings. The number of piperidine rings is 1.